The van der Waals surface area contributed by atoms with Crippen LogP contribution in [-0.2, 0) is 0 Å². The quantitative estimate of drug-likeness (QED) is 0.144. The Bertz CT molecular complexity index is 4670. The fourth-order valence-corrected chi connectivity index (χ4v) is 13.1. The highest BCUT2D eigenvalue weighted by molar-refractivity contribution is 7.26. The topological polar surface area (TPSA) is 9.86 Å². The number of thiophene rings is 1. The summed E-state index contributed by atoms with van der Waals surface area (Å²) in [5, 5.41) is 7.54. The van der Waals surface area contributed by atoms with E-state index in [0.29, 0.717) is 0 Å². The van der Waals surface area contributed by atoms with Crippen LogP contribution in [0.2, 0.25) is 0 Å². The summed E-state index contributed by atoms with van der Waals surface area (Å²) in [4.78, 5) is 0. The minimum absolute atomic E-state index is 1.13. The van der Waals surface area contributed by atoms with Gasteiger partial charge in [-0.3, -0.25) is 0 Å². The van der Waals surface area contributed by atoms with Crippen LogP contribution in [-0.4, -0.2) is 9.13 Å². The second kappa shape index (κ2) is 17.6. The number of benzene rings is 12. The largest absolute Gasteiger partial charge is 0.309 e. The number of hydrogen-bond acceptors (Lipinski definition) is 1. The zero-order chi connectivity index (χ0) is 49.4. The maximum absolute atomic E-state index is 2.48. The van der Waals surface area contributed by atoms with E-state index in [9.17, 15) is 0 Å². The number of nitrogens with zero attached hydrogens (tertiary/aromatic N) is 2. The van der Waals surface area contributed by atoms with Gasteiger partial charge < -0.3 is 9.13 Å². The van der Waals surface area contributed by atoms with E-state index in [4.69, 9.17) is 0 Å². The molecule has 0 N–H and O–H groups in total. The molecule has 2 nitrogen and oxygen atoms in total. The van der Waals surface area contributed by atoms with Gasteiger partial charge in [0.2, 0.25) is 0 Å². The fourth-order valence-electron chi connectivity index (χ4n) is 11.8. The molecule has 0 radical (unpaired) electrons. The van der Waals surface area contributed by atoms with Gasteiger partial charge in [-0.15, -0.1) is 11.3 Å². The van der Waals surface area contributed by atoms with E-state index >= 15 is 0 Å². The summed E-state index contributed by atoms with van der Waals surface area (Å²) < 4.78 is 7.59. The van der Waals surface area contributed by atoms with Crippen LogP contribution in [0.25, 0.3) is 142 Å². The third-order valence-corrected chi connectivity index (χ3v) is 16.6. The molecule has 3 heteroatoms. The van der Waals surface area contributed by atoms with Crippen molar-refractivity contribution in [3.8, 4) is 78.1 Å². The fraction of sp³-hybridized carbons (Fsp3) is 0. The summed E-state index contributed by atoms with van der Waals surface area (Å²) >= 11 is 1.88. The molecule has 75 heavy (non-hydrogen) atoms. The second-order valence-corrected chi connectivity index (χ2v) is 20.6. The Labute approximate surface area is 438 Å². The van der Waals surface area contributed by atoms with Crippen molar-refractivity contribution in [3.05, 3.63) is 279 Å². The number of para-hydroxylation sites is 1. The first-order valence-corrected chi connectivity index (χ1v) is 26.5. The van der Waals surface area contributed by atoms with Gasteiger partial charge in [0.1, 0.15) is 0 Å². The number of fused-ring (bicyclic) bond motifs is 9. The molecule has 0 aliphatic heterocycles. The van der Waals surface area contributed by atoms with E-state index in [2.05, 4.69) is 288 Å². The van der Waals surface area contributed by atoms with Crippen LogP contribution in [0.5, 0.6) is 0 Å². The van der Waals surface area contributed by atoms with E-state index < -0.39 is 0 Å². The maximum Gasteiger partial charge on any atom is 0.0547 e. The molecule has 350 valence electrons. The van der Waals surface area contributed by atoms with Crippen molar-refractivity contribution in [2.24, 2.45) is 0 Å². The SMILES string of the molecule is c1ccc(-c2cccc(-c3cccc4c3c3cc(-c5ccc6c(c5)c5ccccc5n6-c5cc(-c6ccccc6)ccc5-c5ccccc5)ccc3n4-c3ccc(-c4cccc5c4sc4ccccc45)cc3)c2)cc1. The highest BCUT2D eigenvalue weighted by atomic mass is 32.1. The van der Waals surface area contributed by atoms with Crippen LogP contribution in [0.1, 0.15) is 0 Å². The number of hydrogen-bond donors (Lipinski definition) is 0. The van der Waals surface area contributed by atoms with Crippen molar-refractivity contribution < 1.29 is 0 Å². The highest BCUT2D eigenvalue weighted by Crippen LogP contribution is 2.45. The molecule has 3 aromatic heterocycles. The summed E-state index contributed by atoms with van der Waals surface area (Å²) in [6.07, 6.45) is 0. The minimum atomic E-state index is 1.13. The summed E-state index contributed by atoms with van der Waals surface area (Å²) in [5.74, 6) is 0. The molecule has 15 aromatic rings. The van der Waals surface area contributed by atoms with Crippen LogP contribution < -0.4 is 0 Å². The molecule has 0 aliphatic rings. The summed E-state index contributed by atoms with van der Waals surface area (Å²) in [6.45, 7) is 0. The lowest BCUT2D eigenvalue weighted by Crippen LogP contribution is -1.98. The molecule has 0 aliphatic carbocycles. The predicted molar refractivity (Wildman–Crippen MR) is 321 cm³/mol. The molecule has 3 heterocycles. The first-order valence-electron chi connectivity index (χ1n) is 25.7. The lowest BCUT2D eigenvalue weighted by atomic mass is 9.95. The average Bonchev–Trinajstić information content (AvgIpc) is 4.21. The van der Waals surface area contributed by atoms with E-state index in [1.54, 1.807) is 0 Å². The van der Waals surface area contributed by atoms with Gasteiger partial charge in [0.15, 0.2) is 0 Å². The molecular weight excluding hydrogens is 925 g/mol. The van der Waals surface area contributed by atoms with Gasteiger partial charge in [-0.05, 0) is 128 Å². The van der Waals surface area contributed by atoms with Crippen molar-refractivity contribution in [2.75, 3.05) is 0 Å². The van der Waals surface area contributed by atoms with Crippen molar-refractivity contribution in [1.82, 2.24) is 9.13 Å². The Kier molecular flexibility index (Phi) is 10.1. The van der Waals surface area contributed by atoms with Gasteiger partial charge in [-0.25, -0.2) is 0 Å². The third-order valence-electron chi connectivity index (χ3n) is 15.3. The van der Waals surface area contributed by atoms with Crippen molar-refractivity contribution in [2.45, 2.75) is 0 Å². The first-order chi connectivity index (χ1) is 37.2. The Morgan fingerprint density at radius 2 is 0.733 bits per heavy atom. The second-order valence-electron chi connectivity index (χ2n) is 19.6. The zero-order valence-electron chi connectivity index (χ0n) is 40.9. The Morgan fingerprint density at radius 3 is 1.49 bits per heavy atom. The van der Waals surface area contributed by atoms with Gasteiger partial charge in [0, 0.05) is 53.0 Å². The molecule has 0 amide bonds. The normalized spacial score (nSPS) is 11.7. The van der Waals surface area contributed by atoms with E-state index in [-0.39, 0.29) is 0 Å². The van der Waals surface area contributed by atoms with E-state index in [1.165, 1.54) is 131 Å². The lowest BCUT2D eigenvalue weighted by Gasteiger charge is -2.16. The monoisotopic (exact) mass is 970 g/mol. The molecule has 0 saturated carbocycles. The molecule has 0 saturated heterocycles. The van der Waals surface area contributed by atoms with Crippen molar-refractivity contribution in [1.29, 1.82) is 0 Å². The van der Waals surface area contributed by atoms with Crippen LogP contribution in [0.4, 0.5) is 0 Å². The zero-order valence-corrected chi connectivity index (χ0v) is 41.7. The Hall–Kier alpha value is -9.54. The molecule has 0 fully saturated rings. The summed E-state index contributed by atoms with van der Waals surface area (Å²) in [6, 6.07) is 103. The van der Waals surface area contributed by atoms with E-state index in [1.807, 2.05) is 11.3 Å². The molecule has 0 unspecified atom stereocenters. The Balaban J connectivity index is 0.913. The van der Waals surface area contributed by atoms with Gasteiger partial charge in [0.05, 0.1) is 27.8 Å². The standard InChI is InChI=1S/C72H46N2S/c1-4-17-47(18-5-1)51-23-14-24-55(43-51)58-27-16-31-68-71(58)64-45-53(37-42-67(64)73(68)56-38-33-50(34-39-56)59-28-15-29-62-61-26-11-13-32-70(61)75-72(59)62)52-36-41-66-63(44-52)60-25-10-12-30-65(60)74(66)69-46-54(48-19-6-2-7-20-48)35-40-57(69)49-21-8-3-9-22-49/h1-46H. The molecule has 0 bridgehead atoms. The smallest absolute Gasteiger partial charge is 0.0547 e. The molecule has 0 atom stereocenters. The van der Waals surface area contributed by atoms with Crippen LogP contribution in [0, 0.1) is 0 Å². The van der Waals surface area contributed by atoms with Gasteiger partial charge in [-0.1, -0.05) is 212 Å². The molecule has 12 aromatic carbocycles. The molecule has 0 spiro atoms. The molecular formula is C72H46N2S. The third kappa shape index (κ3) is 7.16. The van der Waals surface area contributed by atoms with Crippen LogP contribution in [0.15, 0.2) is 279 Å². The van der Waals surface area contributed by atoms with Gasteiger partial charge in [-0.2, -0.15) is 0 Å². The predicted octanol–water partition coefficient (Wildman–Crippen LogP) is 20.3. The van der Waals surface area contributed by atoms with Crippen molar-refractivity contribution >= 4 is 75.1 Å². The average molecular weight is 971 g/mol. The maximum atomic E-state index is 2.48. The molecule has 15 rings (SSSR count). The van der Waals surface area contributed by atoms with Crippen molar-refractivity contribution in [3.63, 3.8) is 0 Å². The van der Waals surface area contributed by atoms with Crippen LogP contribution in [0.3, 0.4) is 0 Å². The number of aromatic nitrogens is 2. The Morgan fingerprint density at radius 1 is 0.240 bits per heavy atom. The highest BCUT2D eigenvalue weighted by Gasteiger charge is 2.21. The number of rotatable bonds is 8. The summed E-state index contributed by atoms with van der Waals surface area (Å²) in [7, 11) is 0. The van der Waals surface area contributed by atoms with E-state index in [0.717, 1.165) is 11.4 Å². The first kappa shape index (κ1) is 43.1. The van der Waals surface area contributed by atoms with Crippen LogP contribution >= 0.6 is 11.3 Å². The van der Waals surface area contributed by atoms with Gasteiger partial charge in [0.25, 0.3) is 0 Å². The van der Waals surface area contributed by atoms with Gasteiger partial charge >= 0.3 is 0 Å². The minimum Gasteiger partial charge on any atom is -0.309 e. The summed E-state index contributed by atoms with van der Waals surface area (Å²) in [5.41, 5.74) is 21.4. The lowest BCUT2D eigenvalue weighted by molar-refractivity contribution is 1.18.